The van der Waals surface area contributed by atoms with E-state index >= 15 is 0 Å². The summed E-state index contributed by atoms with van der Waals surface area (Å²) in [6.07, 6.45) is 0. The molecule has 7 heteroatoms. The molecule has 0 radical (unpaired) electrons. The molecule has 1 aromatic carbocycles. The average Bonchev–Trinajstić information content (AvgIpc) is 2.94. The second kappa shape index (κ2) is 4.84. The third kappa shape index (κ3) is 2.18. The molecule has 1 unspecified atom stereocenters. The van der Waals surface area contributed by atoms with Crippen molar-refractivity contribution in [2.45, 2.75) is 13.0 Å². The van der Waals surface area contributed by atoms with E-state index in [-0.39, 0.29) is 11.9 Å². The van der Waals surface area contributed by atoms with Gasteiger partial charge in [-0.05, 0) is 47.2 Å². The van der Waals surface area contributed by atoms with Crippen molar-refractivity contribution >= 4 is 11.5 Å². The van der Waals surface area contributed by atoms with Crippen LogP contribution in [0.15, 0.2) is 36.4 Å². The van der Waals surface area contributed by atoms with Gasteiger partial charge in [0.1, 0.15) is 5.82 Å². The first-order valence-corrected chi connectivity index (χ1v) is 6.19. The lowest BCUT2D eigenvalue weighted by molar-refractivity contribution is 0.624. The summed E-state index contributed by atoms with van der Waals surface area (Å²) in [6, 6.07) is 10.2. The minimum Gasteiger partial charge on any atom is -0.351 e. The van der Waals surface area contributed by atoms with Crippen molar-refractivity contribution in [3.8, 4) is 0 Å². The monoisotopic (exact) mass is 272 g/mol. The van der Waals surface area contributed by atoms with Crippen LogP contribution in [0.2, 0.25) is 0 Å². The highest BCUT2D eigenvalue weighted by Crippen LogP contribution is 2.23. The zero-order valence-electron chi connectivity index (χ0n) is 11.1. The Kier molecular flexibility index (Phi) is 3.02. The van der Waals surface area contributed by atoms with Gasteiger partial charge < -0.3 is 4.90 Å². The number of halogens is 1. The Morgan fingerprint density at radius 1 is 1.15 bits per heavy atom. The molecule has 2 heterocycles. The van der Waals surface area contributed by atoms with Gasteiger partial charge in [-0.15, -0.1) is 14.8 Å². The van der Waals surface area contributed by atoms with Crippen LogP contribution in [-0.4, -0.2) is 32.3 Å². The zero-order valence-corrected chi connectivity index (χ0v) is 11.1. The van der Waals surface area contributed by atoms with Crippen molar-refractivity contribution in [1.82, 2.24) is 25.3 Å². The SMILES string of the molecule is CC(c1ccc(F)cc1)N(C)c1ccc2nnnn2n1. The van der Waals surface area contributed by atoms with E-state index in [0.717, 1.165) is 11.4 Å². The Hall–Kier alpha value is -2.57. The van der Waals surface area contributed by atoms with Gasteiger partial charge in [0, 0.05) is 7.05 Å². The Bertz CT molecular complexity index is 723. The van der Waals surface area contributed by atoms with Gasteiger partial charge in [-0.25, -0.2) is 4.39 Å². The average molecular weight is 272 g/mol. The maximum Gasteiger partial charge on any atom is 0.200 e. The Morgan fingerprint density at radius 2 is 1.90 bits per heavy atom. The molecule has 0 amide bonds. The Labute approximate surface area is 114 Å². The highest BCUT2D eigenvalue weighted by molar-refractivity contribution is 5.45. The summed E-state index contributed by atoms with van der Waals surface area (Å²) in [7, 11) is 1.92. The second-order valence-electron chi connectivity index (χ2n) is 4.56. The molecule has 0 aliphatic carbocycles. The van der Waals surface area contributed by atoms with Gasteiger partial charge in [0.25, 0.3) is 0 Å². The molecule has 0 saturated heterocycles. The minimum atomic E-state index is -0.239. The molecule has 3 aromatic rings. The summed E-state index contributed by atoms with van der Waals surface area (Å²) in [5.41, 5.74) is 1.60. The topological polar surface area (TPSA) is 59.2 Å². The molecule has 102 valence electrons. The van der Waals surface area contributed by atoms with Crippen LogP contribution in [-0.2, 0) is 0 Å². The van der Waals surface area contributed by atoms with Gasteiger partial charge in [-0.3, -0.25) is 0 Å². The van der Waals surface area contributed by atoms with E-state index in [1.54, 1.807) is 18.2 Å². The normalized spacial score (nSPS) is 12.6. The van der Waals surface area contributed by atoms with E-state index in [1.165, 1.54) is 16.8 Å². The van der Waals surface area contributed by atoms with Crippen LogP contribution >= 0.6 is 0 Å². The van der Waals surface area contributed by atoms with E-state index in [9.17, 15) is 4.39 Å². The lowest BCUT2D eigenvalue weighted by Crippen LogP contribution is -2.23. The van der Waals surface area contributed by atoms with Gasteiger partial charge in [-0.1, -0.05) is 12.1 Å². The molecule has 0 bridgehead atoms. The summed E-state index contributed by atoms with van der Waals surface area (Å²) >= 11 is 0. The van der Waals surface area contributed by atoms with Crippen LogP contribution in [0.4, 0.5) is 10.2 Å². The summed E-state index contributed by atoms with van der Waals surface area (Å²) < 4.78 is 14.3. The van der Waals surface area contributed by atoms with Crippen molar-refractivity contribution in [2.75, 3.05) is 11.9 Å². The Balaban J connectivity index is 1.90. The van der Waals surface area contributed by atoms with Gasteiger partial charge >= 0.3 is 0 Å². The van der Waals surface area contributed by atoms with Gasteiger partial charge in [0.2, 0.25) is 0 Å². The first kappa shape index (κ1) is 12.5. The minimum absolute atomic E-state index is 0.0528. The number of anilines is 1. The number of tetrazole rings is 1. The van der Waals surface area contributed by atoms with Crippen LogP contribution in [0.5, 0.6) is 0 Å². The molecule has 20 heavy (non-hydrogen) atoms. The highest BCUT2D eigenvalue weighted by atomic mass is 19.1. The maximum absolute atomic E-state index is 13.0. The smallest absolute Gasteiger partial charge is 0.200 e. The van der Waals surface area contributed by atoms with Crippen molar-refractivity contribution < 1.29 is 4.39 Å². The zero-order chi connectivity index (χ0) is 14.1. The van der Waals surface area contributed by atoms with Crippen LogP contribution in [0.25, 0.3) is 5.65 Å². The molecule has 6 nitrogen and oxygen atoms in total. The largest absolute Gasteiger partial charge is 0.351 e. The van der Waals surface area contributed by atoms with E-state index in [1.807, 2.05) is 24.9 Å². The number of nitrogens with zero attached hydrogens (tertiary/aromatic N) is 6. The molecule has 0 fully saturated rings. The third-order valence-electron chi connectivity index (χ3n) is 3.35. The van der Waals surface area contributed by atoms with Crippen LogP contribution < -0.4 is 4.90 Å². The molecule has 3 rings (SSSR count). The van der Waals surface area contributed by atoms with E-state index < -0.39 is 0 Å². The quantitative estimate of drug-likeness (QED) is 0.728. The number of benzene rings is 1. The van der Waals surface area contributed by atoms with Crippen molar-refractivity contribution in [2.24, 2.45) is 0 Å². The van der Waals surface area contributed by atoms with Gasteiger partial charge in [-0.2, -0.15) is 0 Å². The molecule has 0 saturated carbocycles. The molecule has 1 atom stereocenters. The summed E-state index contributed by atoms with van der Waals surface area (Å²) in [4.78, 5) is 1.98. The first-order chi connectivity index (χ1) is 9.65. The first-order valence-electron chi connectivity index (χ1n) is 6.19. The standard InChI is InChI=1S/C13H13FN6/c1-9(10-3-5-11(14)6-4-10)19(2)13-8-7-12-15-17-18-20(12)16-13/h3-9H,1-2H3. The summed E-state index contributed by atoms with van der Waals surface area (Å²) in [5, 5.41) is 15.5. The fourth-order valence-electron chi connectivity index (χ4n) is 1.99. The molecule has 2 aromatic heterocycles. The lowest BCUT2D eigenvalue weighted by Gasteiger charge is -2.25. The molecule has 0 aliphatic rings. The molecule has 0 N–H and O–H groups in total. The number of aromatic nitrogens is 5. The number of hydrogen-bond acceptors (Lipinski definition) is 5. The third-order valence-corrected chi connectivity index (χ3v) is 3.35. The fourth-order valence-corrected chi connectivity index (χ4v) is 1.99. The summed E-state index contributed by atoms with van der Waals surface area (Å²) in [5.74, 6) is 0.499. The molecular weight excluding hydrogens is 259 g/mol. The molecule has 0 spiro atoms. The highest BCUT2D eigenvalue weighted by Gasteiger charge is 2.14. The predicted molar refractivity (Wildman–Crippen MR) is 71.8 cm³/mol. The van der Waals surface area contributed by atoms with E-state index in [2.05, 4.69) is 20.6 Å². The number of fused-ring (bicyclic) bond motifs is 1. The fraction of sp³-hybridized carbons (Fsp3) is 0.231. The molecular formula is C13H13FN6. The maximum atomic E-state index is 13.0. The van der Waals surface area contributed by atoms with Crippen molar-refractivity contribution in [3.63, 3.8) is 0 Å². The predicted octanol–water partition coefficient (Wildman–Crippen LogP) is 1.86. The van der Waals surface area contributed by atoms with E-state index in [4.69, 9.17) is 0 Å². The van der Waals surface area contributed by atoms with Crippen LogP contribution in [0.3, 0.4) is 0 Å². The van der Waals surface area contributed by atoms with Crippen LogP contribution in [0, 0.1) is 5.82 Å². The number of hydrogen-bond donors (Lipinski definition) is 0. The van der Waals surface area contributed by atoms with E-state index in [0.29, 0.717) is 5.65 Å². The van der Waals surface area contributed by atoms with Gasteiger partial charge in [0.15, 0.2) is 11.5 Å². The molecule has 0 aliphatic heterocycles. The van der Waals surface area contributed by atoms with Crippen LogP contribution in [0.1, 0.15) is 18.5 Å². The van der Waals surface area contributed by atoms with Crippen molar-refractivity contribution in [1.29, 1.82) is 0 Å². The lowest BCUT2D eigenvalue weighted by atomic mass is 10.1. The van der Waals surface area contributed by atoms with Gasteiger partial charge in [0.05, 0.1) is 6.04 Å². The second-order valence-corrected chi connectivity index (χ2v) is 4.56. The van der Waals surface area contributed by atoms with Crippen molar-refractivity contribution in [3.05, 3.63) is 47.8 Å². The Morgan fingerprint density at radius 3 is 2.65 bits per heavy atom. The summed E-state index contributed by atoms with van der Waals surface area (Å²) in [6.45, 7) is 2.03. The number of rotatable bonds is 3.